The van der Waals surface area contributed by atoms with Crippen molar-refractivity contribution >= 4 is 17.7 Å². The zero-order chi connectivity index (χ0) is 23.1. The molecule has 6 heteroatoms. The molecule has 0 radical (unpaired) electrons. The van der Waals surface area contributed by atoms with E-state index in [2.05, 4.69) is 41.4 Å². The van der Waals surface area contributed by atoms with Gasteiger partial charge in [-0.3, -0.25) is 4.79 Å². The summed E-state index contributed by atoms with van der Waals surface area (Å²) in [6, 6.07) is 12.0. The van der Waals surface area contributed by atoms with Crippen molar-refractivity contribution < 1.29 is 19.0 Å². The number of nitrogens with one attached hydrogen (secondary N) is 1. The van der Waals surface area contributed by atoms with Crippen LogP contribution >= 0.6 is 0 Å². The lowest BCUT2D eigenvalue weighted by atomic mass is 9.98. The molecule has 1 atom stereocenters. The normalized spacial score (nSPS) is 15.5. The van der Waals surface area contributed by atoms with E-state index in [1.165, 1.54) is 24.6 Å². The highest BCUT2D eigenvalue weighted by atomic mass is 16.5. The molecule has 0 aromatic heterocycles. The van der Waals surface area contributed by atoms with Crippen LogP contribution in [-0.4, -0.2) is 40.3 Å². The molecule has 0 bridgehead atoms. The van der Waals surface area contributed by atoms with Crippen molar-refractivity contribution in [2.75, 3.05) is 39.3 Å². The lowest BCUT2D eigenvalue weighted by Gasteiger charge is -2.32. The van der Waals surface area contributed by atoms with Gasteiger partial charge in [-0.2, -0.15) is 0 Å². The van der Waals surface area contributed by atoms with E-state index < -0.39 is 0 Å². The molecule has 2 aromatic rings. The summed E-state index contributed by atoms with van der Waals surface area (Å²) in [4.78, 5) is 15.0. The molecule has 32 heavy (non-hydrogen) atoms. The van der Waals surface area contributed by atoms with E-state index >= 15 is 0 Å². The molecule has 1 amide bonds. The number of hydrogen-bond donors (Lipinski definition) is 1. The molecule has 0 saturated carbocycles. The van der Waals surface area contributed by atoms with Crippen molar-refractivity contribution in [3.05, 3.63) is 53.6 Å². The van der Waals surface area contributed by atoms with Crippen molar-refractivity contribution in [1.29, 1.82) is 0 Å². The van der Waals surface area contributed by atoms with Crippen LogP contribution in [0.25, 0.3) is 6.08 Å². The molecule has 0 spiro atoms. The Kier molecular flexibility index (Phi) is 8.03. The summed E-state index contributed by atoms with van der Waals surface area (Å²) in [5, 5.41) is 3.02. The van der Waals surface area contributed by atoms with Crippen molar-refractivity contribution in [2.24, 2.45) is 5.92 Å². The standard InChI is InChI=1S/C26H34N2O4/c1-18-14-16-28(17-15-18)22-10-6-20(7-11-22)19(2)27-24(29)13-9-21-8-12-23(30-3)26(32-5)25(21)31-4/h6-13,18-19H,14-17H2,1-5H3,(H,27,29)/b13-9+/t19-/m0/s1. The van der Waals surface area contributed by atoms with E-state index in [-0.39, 0.29) is 11.9 Å². The van der Waals surface area contributed by atoms with Crippen molar-refractivity contribution in [1.82, 2.24) is 5.32 Å². The molecule has 1 saturated heterocycles. The number of amides is 1. The van der Waals surface area contributed by atoms with Gasteiger partial charge >= 0.3 is 0 Å². The average Bonchev–Trinajstić information content (AvgIpc) is 2.82. The summed E-state index contributed by atoms with van der Waals surface area (Å²) in [5.41, 5.74) is 3.05. The summed E-state index contributed by atoms with van der Waals surface area (Å²) >= 11 is 0. The number of benzene rings is 2. The van der Waals surface area contributed by atoms with Gasteiger partial charge in [-0.05, 0) is 61.6 Å². The van der Waals surface area contributed by atoms with Crippen LogP contribution in [0.4, 0.5) is 5.69 Å². The largest absolute Gasteiger partial charge is 0.493 e. The van der Waals surface area contributed by atoms with E-state index in [9.17, 15) is 4.79 Å². The predicted octanol–water partition coefficient (Wildman–Crippen LogP) is 4.84. The smallest absolute Gasteiger partial charge is 0.244 e. The van der Waals surface area contributed by atoms with Crippen LogP contribution in [-0.2, 0) is 4.79 Å². The number of anilines is 1. The van der Waals surface area contributed by atoms with Crippen LogP contribution in [0.2, 0.25) is 0 Å². The minimum atomic E-state index is -0.177. The molecular formula is C26H34N2O4. The number of methoxy groups -OCH3 is 3. The van der Waals surface area contributed by atoms with Gasteiger partial charge in [-0.15, -0.1) is 0 Å². The number of hydrogen-bond acceptors (Lipinski definition) is 5. The topological polar surface area (TPSA) is 60.0 Å². The quantitative estimate of drug-likeness (QED) is 0.598. The Bertz CT molecular complexity index is 932. The molecule has 1 aliphatic heterocycles. The number of carbonyl (C=O) groups is 1. The van der Waals surface area contributed by atoms with Crippen molar-refractivity contribution in [3.63, 3.8) is 0 Å². The van der Waals surface area contributed by atoms with Gasteiger partial charge in [-0.1, -0.05) is 19.1 Å². The Morgan fingerprint density at radius 2 is 1.66 bits per heavy atom. The van der Waals surface area contributed by atoms with Gasteiger partial charge in [0.15, 0.2) is 11.5 Å². The van der Waals surface area contributed by atoms with E-state index in [0.29, 0.717) is 17.2 Å². The Hall–Kier alpha value is -3.15. The first kappa shape index (κ1) is 23.5. The highest BCUT2D eigenvalue weighted by Crippen LogP contribution is 2.40. The Labute approximate surface area is 191 Å². The van der Waals surface area contributed by atoms with Crippen LogP contribution in [0, 0.1) is 5.92 Å². The third kappa shape index (κ3) is 5.55. The fourth-order valence-electron chi connectivity index (χ4n) is 4.01. The van der Waals surface area contributed by atoms with Crippen LogP contribution < -0.4 is 24.4 Å². The van der Waals surface area contributed by atoms with E-state index in [1.807, 2.05) is 13.0 Å². The fourth-order valence-corrected chi connectivity index (χ4v) is 4.01. The number of carbonyl (C=O) groups excluding carboxylic acids is 1. The molecule has 172 valence electrons. The zero-order valence-corrected chi connectivity index (χ0v) is 19.7. The first-order valence-electron chi connectivity index (χ1n) is 11.1. The van der Waals surface area contributed by atoms with Gasteiger partial charge in [0, 0.05) is 30.4 Å². The lowest BCUT2D eigenvalue weighted by molar-refractivity contribution is -0.117. The number of rotatable bonds is 8. The molecule has 1 fully saturated rings. The van der Waals surface area contributed by atoms with Gasteiger partial charge in [0.1, 0.15) is 0 Å². The minimum absolute atomic E-state index is 0.102. The SMILES string of the molecule is COc1ccc(/C=C/C(=O)N[C@@H](C)c2ccc(N3CCC(C)CC3)cc2)c(OC)c1OC. The van der Waals surface area contributed by atoms with Gasteiger partial charge in [0.05, 0.1) is 27.4 Å². The maximum absolute atomic E-state index is 12.5. The number of nitrogens with zero attached hydrogens (tertiary/aromatic N) is 1. The number of piperidine rings is 1. The van der Waals surface area contributed by atoms with Gasteiger partial charge < -0.3 is 24.4 Å². The predicted molar refractivity (Wildman–Crippen MR) is 129 cm³/mol. The van der Waals surface area contributed by atoms with Gasteiger partial charge in [0.2, 0.25) is 11.7 Å². The van der Waals surface area contributed by atoms with E-state index in [0.717, 1.165) is 30.1 Å². The molecular weight excluding hydrogens is 404 g/mol. The minimum Gasteiger partial charge on any atom is -0.493 e. The highest BCUT2D eigenvalue weighted by molar-refractivity contribution is 5.92. The van der Waals surface area contributed by atoms with Gasteiger partial charge in [0.25, 0.3) is 0 Å². The van der Waals surface area contributed by atoms with E-state index in [4.69, 9.17) is 14.2 Å². The van der Waals surface area contributed by atoms with Gasteiger partial charge in [-0.25, -0.2) is 0 Å². The van der Waals surface area contributed by atoms with Crippen LogP contribution in [0.15, 0.2) is 42.5 Å². The Morgan fingerprint density at radius 3 is 2.25 bits per heavy atom. The third-order valence-electron chi connectivity index (χ3n) is 6.05. The summed E-state index contributed by atoms with van der Waals surface area (Å²) < 4.78 is 16.2. The maximum Gasteiger partial charge on any atom is 0.244 e. The Balaban J connectivity index is 1.63. The zero-order valence-electron chi connectivity index (χ0n) is 19.7. The van der Waals surface area contributed by atoms with Crippen LogP contribution in [0.5, 0.6) is 17.2 Å². The summed E-state index contributed by atoms with van der Waals surface area (Å²) in [7, 11) is 4.69. The molecule has 1 aliphatic rings. The van der Waals surface area contributed by atoms with E-state index in [1.54, 1.807) is 33.5 Å². The van der Waals surface area contributed by atoms with Crippen molar-refractivity contribution in [3.8, 4) is 17.2 Å². The molecule has 1 heterocycles. The summed E-state index contributed by atoms with van der Waals surface area (Å²) in [6.45, 7) is 6.52. The monoisotopic (exact) mass is 438 g/mol. The second-order valence-corrected chi connectivity index (χ2v) is 8.25. The molecule has 3 rings (SSSR count). The van der Waals surface area contributed by atoms with Crippen molar-refractivity contribution in [2.45, 2.75) is 32.7 Å². The molecule has 1 N–H and O–H groups in total. The molecule has 0 unspecified atom stereocenters. The maximum atomic E-state index is 12.5. The number of ether oxygens (including phenoxy) is 3. The second-order valence-electron chi connectivity index (χ2n) is 8.25. The average molecular weight is 439 g/mol. The Morgan fingerprint density at radius 1 is 1.00 bits per heavy atom. The molecule has 0 aliphatic carbocycles. The van der Waals surface area contributed by atoms with Crippen LogP contribution in [0.1, 0.15) is 43.9 Å². The summed E-state index contributed by atoms with van der Waals surface area (Å²) in [6.07, 6.45) is 5.70. The molecule has 6 nitrogen and oxygen atoms in total. The summed E-state index contributed by atoms with van der Waals surface area (Å²) in [5.74, 6) is 2.22. The molecule has 2 aromatic carbocycles. The third-order valence-corrected chi connectivity index (χ3v) is 6.05. The fraction of sp³-hybridized carbons (Fsp3) is 0.423. The highest BCUT2D eigenvalue weighted by Gasteiger charge is 2.17. The van der Waals surface area contributed by atoms with Crippen LogP contribution in [0.3, 0.4) is 0 Å². The first-order chi connectivity index (χ1) is 15.5. The first-order valence-corrected chi connectivity index (χ1v) is 11.1. The second kappa shape index (κ2) is 10.9. The lowest BCUT2D eigenvalue weighted by Crippen LogP contribution is -2.32.